The van der Waals surface area contributed by atoms with E-state index < -0.39 is 0 Å². The molecule has 0 amide bonds. The average molecular weight is 229 g/mol. The van der Waals surface area contributed by atoms with Crippen LogP contribution in [0.3, 0.4) is 0 Å². The van der Waals surface area contributed by atoms with Gasteiger partial charge in [-0.3, -0.25) is 0 Å². The van der Waals surface area contributed by atoms with Crippen LogP contribution >= 0.6 is 11.3 Å². The summed E-state index contributed by atoms with van der Waals surface area (Å²) in [4.78, 5) is 5.24. The highest BCUT2D eigenvalue weighted by Crippen LogP contribution is 2.17. The lowest BCUT2D eigenvalue weighted by molar-refractivity contribution is 1.15. The number of anilines is 1. The summed E-state index contributed by atoms with van der Waals surface area (Å²) in [5, 5.41) is 14.1. The zero-order chi connectivity index (χ0) is 11.4. The van der Waals surface area contributed by atoms with Crippen molar-refractivity contribution in [1.29, 1.82) is 5.26 Å². The van der Waals surface area contributed by atoms with Gasteiger partial charge >= 0.3 is 0 Å². The minimum Gasteiger partial charge on any atom is -0.380 e. The normalized spacial score (nSPS) is 9.75. The molecule has 0 aliphatic carbocycles. The molecule has 2 aromatic rings. The maximum absolute atomic E-state index is 8.72. The van der Waals surface area contributed by atoms with Crippen LogP contribution in [-0.4, -0.2) is 4.98 Å². The molecular formula is C12H11N3S. The van der Waals surface area contributed by atoms with Crippen molar-refractivity contribution in [3.63, 3.8) is 0 Å². The van der Waals surface area contributed by atoms with Gasteiger partial charge in [-0.2, -0.15) is 5.26 Å². The van der Waals surface area contributed by atoms with Crippen molar-refractivity contribution in [2.75, 3.05) is 5.32 Å². The number of aromatic nitrogens is 1. The van der Waals surface area contributed by atoms with Crippen LogP contribution in [0.4, 0.5) is 5.69 Å². The molecule has 0 aliphatic rings. The van der Waals surface area contributed by atoms with Gasteiger partial charge in [0.15, 0.2) is 0 Å². The summed E-state index contributed by atoms with van der Waals surface area (Å²) in [5.74, 6) is 0. The Morgan fingerprint density at radius 1 is 1.50 bits per heavy atom. The van der Waals surface area contributed by atoms with Crippen LogP contribution in [0.5, 0.6) is 0 Å². The quantitative estimate of drug-likeness (QED) is 0.880. The summed E-state index contributed by atoms with van der Waals surface area (Å²) < 4.78 is 0. The van der Waals surface area contributed by atoms with Gasteiger partial charge in [0.05, 0.1) is 0 Å². The maximum atomic E-state index is 8.72. The largest absolute Gasteiger partial charge is 0.380 e. The average Bonchev–Trinajstić information content (AvgIpc) is 2.72. The van der Waals surface area contributed by atoms with Gasteiger partial charge in [0.25, 0.3) is 0 Å². The standard InChI is InChI=1S/C12H11N3S/c1-9-3-5-16-12(9)8-15-10-2-4-14-11(6-10)7-13/h2-6H,8H2,1H3,(H,14,15). The lowest BCUT2D eigenvalue weighted by Gasteiger charge is -2.05. The summed E-state index contributed by atoms with van der Waals surface area (Å²) in [6.07, 6.45) is 1.64. The van der Waals surface area contributed by atoms with Crippen molar-refractivity contribution in [3.05, 3.63) is 45.9 Å². The monoisotopic (exact) mass is 229 g/mol. The van der Waals surface area contributed by atoms with Gasteiger partial charge in [0, 0.05) is 23.3 Å². The van der Waals surface area contributed by atoms with Crippen LogP contribution in [-0.2, 0) is 6.54 Å². The summed E-state index contributed by atoms with van der Waals surface area (Å²) >= 11 is 1.74. The molecule has 0 aliphatic heterocycles. The third-order valence-corrected chi connectivity index (χ3v) is 3.32. The lowest BCUT2D eigenvalue weighted by atomic mass is 10.3. The number of thiophene rings is 1. The predicted octanol–water partition coefficient (Wildman–Crippen LogP) is 2.94. The lowest BCUT2D eigenvalue weighted by Crippen LogP contribution is -1.99. The van der Waals surface area contributed by atoms with Gasteiger partial charge in [-0.25, -0.2) is 4.98 Å². The van der Waals surface area contributed by atoms with Gasteiger partial charge in [0.1, 0.15) is 11.8 Å². The second-order valence-corrected chi connectivity index (χ2v) is 4.42. The van der Waals surface area contributed by atoms with Gasteiger partial charge in [-0.1, -0.05) is 0 Å². The second kappa shape index (κ2) is 4.77. The molecular weight excluding hydrogens is 218 g/mol. The van der Waals surface area contributed by atoms with Gasteiger partial charge in [-0.15, -0.1) is 11.3 Å². The molecule has 2 heterocycles. The molecule has 0 spiro atoms. The molecule has 80 valence electrons. The fraction of sp³-hybridized carbons (Fsp3) is 0.167. The van der Waals surface area contributed by atoms with Crippen molar-refractivity contribution in [2.45, 2.75) is 13.5 Å². The molecule has 4 heteroatoms. The SMILES string of the molecule is Cc1ccsc1CNc1ccnc(C#N)c1. The Morgan fingerprint density at radius 2 is 2.38 bits per heavy atom. The van der Waals surface area contributed by atoms with E-state index in [9.17, 15) is 0 Å². The number of pyridine rings is 1. The van der Waals surface area contributed by atoms with E-state index in [1.807, 2.05) is 12.1 Å². The predicted molar refractivity (Wildman–Crippen MR) is 65.3 cm³/mol. The third kappa shape index (κ3) is 2.38. The van der Waals surface area contributed by atoms with Crippen LogP contribution in [0.1, 0.15) is 16.1 Å². The Balaban J connectivity index is 2.05. The van der Waals surface area contributed by atoms with E-state index in [1.54, 1.807) is 23.6 Å². The molecule has 0 bridgehead atoms. The van der Waals surface area contributed by atoms with Crippen LogP contribution in [0, 0.1) is 18.3 Å². The number of aryl methyl sites for hydroxylation is 1. The molecule has 0 saturated heterocycles. The summed E-state index contributed by atoms with van der Waals surface area (Å²) in [6.45, 7) is 2.89. The van der Waals surface area contributed by atoms with Crippen molar-refractivity contribution < 1.29 is 0 Å². The number of hydrogen-bond donors (Lipinski definition) is 1. The molecule has 0 aromatic carbocycles. The molecule has 2 rings (SSSR count). The highest BCUT2D eigenvalue weighted by atomic mass is 32.1. The van der Waals surface area contributed by atoms with E-state index in [0.717, 1.165) is 12.2 Å². The fourth-order valence-corrected chi connectivity index (χ4v) is 2.22. The highest BCUT2D eigenvalue weighted by molar-refractivity contribution is 7.10. The molecule has 0 atom stereocenters. The van der Waals surface area contributed by atoms with Gasteiger partial charge in [-0.05, 0) is 36.1 Å². The summed E-state index contributed by atoms with van der Waals surface area (Å²) in [5.41, 5.74) is 2.67. The zero-order valence-electron chi connectivity index (χ0n) is 8.90. The smallest absolute Gasteiger partial charge is 0.142 e. The summed E-state index contributed by atoms with van der Waals surface area (Å²) in [6, 6.07) is 7.75. The molecule has 16 heavy (non-hydrogen) atoms. The van der Waals surface area contributed by atoms with E-state index in [1.165, 1.54) is 10.4 Å². The number of rotatable bonds is 3. The van der Waals surface area contributed by atoms with E-state index >= 15 is 0 Å². The minimum atomic E-state index is 0.438. The molecule has 0 fully saturated rings. The van der Waals surface area contributed by atoms with Crippen LogP contribution in [0.2, 0.25) is 0 Å². The Bertz CT molecular complexity index is 525. The van der Waals surface area contributed by atoms with Crippen molar-refractivity contribution in [2.24, 2.45) is 0 Å². The van der Waals surface area contributed by atoms with E-state index in [4.69, 9.17) is 5.26 Å². The number of nitrogens with one attached hydrogen (secondary N) is 1. The first kappa shape index (κ1) is 10.7. The minimum absolute atomic E-state index is 0.438. The van der Waals surface area contributed by atoms with E-state index in [0.29, 0.717) is 5.69 Å². The van der Waals surface area contributed by atoms with Crippen molar-refractivity contribution in [3.8, 4) is 6.07 Å². The van der Waals surface area contributed by atoms with Crippen LogP contribution < -0.4 is 5.32 Å². The Morgan fingerprint density at radius 3 is 3.06 bits per heavy atom. The first-order chi connectivity index (χ1) is 7.79. The van der Waals surface area contributed by atoms with Gasteiger partial charge < -0.3 is 5.32 Å². The highest BCUT2D eigenvalue weighted by Gasteiger charge is 2.00. The number of nitriles is 1. The number of hydrogen-bond acceptors (Lipinski definition) is 4. The van der Waals surface area contributed by atoms with Crippen molar-refractivity contribution in [1.82, 2.24) is 4.98 Å². The summed E-state index contributed by atoms with van der Waals surface area (Å²) in [7, 11) is 0. The van der Waals surface area contributed by atoms with E-state index in [2.05, 4.69) is 28.7 Å². The molecule has 0 radical (unpaired) electrons. The molecule has 2 aromatic heterocycles. The maximum Gasteiger partial charge on any atom is 0.142 e. The third-order valence-electron chi connectivity index (χ3n) is 2.30. The van der Waals surface area contributed by atoms with Gasteiger partial charge in [0.2, 0.25) is 0 Å². The van der Waals surface area contributed by atoms with Crippen molar-refractivity contribution >= 4 is 17.0 Å². The topological polar surface area (TPSA) is 48.7 Å². The first-order valence-electron chi connectivity index (χ1n) is 4.92. The first-order valence-corrected chi connectivity index (χ1v) is 5.80. The Labute approximate surface area is 98.4 Å². The molecule has 0 unspecified atom stereocenters. The second-order valence-electron chi connectivity index (χ2n) is 3.42. The van der Waals surface area contributed by atoms with E-state index in [-0.39, 0.29) is 0 Å². The van der Waals surface area contributed by atoms with Crippen LogP contribution in [0.15, 0.2) is 29.8 Å². The fourth-order valence-electron chi connectivity index (χ4n) is 1.37. The Kier molecular flexibility index (Phi) is 3.18. The molecule has 3 nitrogen and oxygen atoms in total. The number of nitrogens with zero attached hydrogens (tertiary/aromatic N) is 2. The Hall–Kier alpha value is -1.86. The van der Waals surface area contributed by atoms with Crippen LogP contribution in [0.25, 0.3) is 0 Å². The molecule has 1 N–H and O–H groups in total. The molecule has 0 saturated carbocycles. The zero-order valence-corrected chi connectivity index (χ0v) is 9.71.